The third-order valence-electron chi connectivity index (χ3n) is 7.24. The molecule has 0 bridgehead atoms. The van der Waals surface area contributed by atoms with Crippen LogP contribution in [0.15, 0.2) is 84.9 Å². The van der Waals surface area contributed by atoms with Crippen molar-refractivity contribution in [1.29, 1.82) is 0 Å². The van der Waals surface area contributed by atoms with Gasteiger partial charge in [-0.25, -0.2) is 9.59 Å². The molecule has 1 fully saturated rings. The lowest BCUT2D eigenvalue weighted by molar-refractivity contribution is -0.160. The van der Waals surface area contributed by atoms with E-state index in [1.165, 1.54) is 12.1 Å². The molecule has 9 heteroatoms. The number of halogens is 3. The third-order valence-corrected chi connectivity index (χ3v) is 7.24. The molecule has 0 spiro atoms. The van der Waals surface area contributed by atoms with Crippen molar-refractivity contribution < 1.29 is 32.2 Å². The second-order valence-corrected chi connectivity index (χ2v) is 10.5. The number of likely N-dealkylation sites (N-methyl/N-ethyl adjacent to an activating group) is 1. The normalized spacial score (nSPS) is 17.0. The van der Waals surface area contributed by atoms with Crippen LogP contribution in [0.1, 0.15) is 42.5 Å². The Morgan fingerprint density at radius 3 is 2.24 bits per heavy atom. The van der Waals surface area contributed by atoms with Crippen LogP contribution in [0, 0.1) is 0 Å². The van der Waals surface area contributed by atoms with E-state index >= 15 is 0 Å². The highest BCUT2D eigenvalue weighted by Gasteiger charge is 2.38. The molecule has 1 aliphatic rings. The number of benzene rings is 3. The number of urea groups is 1. The van der Waals surface area contributed by atoms with Crippen molar-refractivity contribution in [3.63, 3.8) is 0 Å². The van der Waals surface area contributed by atoms with E-state index in [0.29, 0.717) is 30.7 Å². The van der Waals surface area contributed by atoms with Crippen molar-refractivity contribution in [3.8, 4) is 5.75 Å². The largest absolute Gasteiger partial charge is 0.476 e. The predicted octanol–water partition coefficient (Wildman–Crippen LogP) is 6.99. The van der Waals surface area contributed by atoms with Gasteiger partial charge in [0.2, 0.25) is 5.60 Å². The zero-order valence-corrected chi connectivity index (χ0v) is 23.9. The van der Waals surface area contributed by atoms with E-state index in [1.54, 1.807) is 42.8 Å². The first kappa shape index (κ1) is 30.7. The van der Waals surface area contributed by atoms with Crippen LogP contribution in [0.3, 0.4) is 0 Å². The van der Waals surface area contributed by atoms with E-state index in [9.17, 15) is 22.8 Å². The van der Waals surface area contributed by atoms with E-state index in [2.05, 4.69) is 0 Å². The first-order chi connectivity index (χ1) is 20.0. The highest BCUT2D eigenvalue weighted by molar-refractivity contribution is 5.80. The van der Waals surface area contributed by atoms with Gasteiger partial charge in [0.15, 0.2) is 0 Å². The Kier molecular flexibility index (Phi) is 9.60. The molecule has 0 radical (unpaired) electrons. The van der Waals surface area contributed by atoms with Gasteiger partial charge in [-0.3, -0.25) is 0 Å². The number of rotatable bonds is 11. The molecule has 1 heterocycles. The number of amides is 2. The summed E-state index contributed by atoms with van der Waals surface area (Å²) in [6.07, 6.45) is 0.547. The minimum Gasteiger partial charge on any atom is -0.476 e. The minimum absolute atomic E-state index is 0.0529. The zero-order valence-electron chi connectivity index (χ0n) is 23.9. The molecule has 2 amide bonds. The van der Waals surface area contributed by atoms with E-state index in [-0.39, 0.29) is 25.2 Å². The fourth-order valence-electron chi connectivity index (χ4n) is 4.90. The van der Waals surface area contributed by atoms with Gasteiger partial charge in [0.25, 0.3) is 0 Å². The van der Waals surface area contributed by atoms with E-state index in [1.807, 2.05) is 54.6 Å². The molecular formula is C33H35F3N2O4. The molecule has 6 nitrogen and oxygen atoms in total. The maximum absolute atomic E-state index is 12.8. The Hall–Kier alpha value is -4.27. The van der Waals surface area contributed by atoms with E-state index in [0.717, 1.165) is 23.3 Å². The molecule has 222 valence electrons. The maximum Gasteiger partial charge on any atom is 0.416 e. The Morgan fingerprint density at radius 2 is 1.62 bits per heavy atom. The molecule has 4 rings (SSSR count). The topological polar surface area (TPSA) is 59.1 Å². The van der Waals surface area contributed by atoms with Gasteiger partial charge in [-0.05, 0) is 61.2 Å². The zero-order chi connectivity index (χ0) is 30.3. The number of carbonyl (C=O) groups excluding carboxylic acids is 2. The molecule has 2 atom stereocenters. The highest BCUT2D eigenvalue weighted by atomic mass is 19.4. The van der Waals surface area contributed by atoms with Crippen molar-refractivity contribution in [2.24, 2.45) is 0 Å². The second kappa shape index (κ2) is 13.1. The Labute approximate surface area is 244 Å². The van der Waals surface area contributed by atoms with Crippen LogP contribution < -0.4 is 4.74 Å². The molecule has 1 saturated heterocycles. The number of nitrogens with zero attached hydrogens (tertiary/aromatic N) is 2. The fraction of sp³-hybridized carbons (Fsp3) is 0.333. The van der Waals surface area contributed by atoms with Crippen LogP contribution in [-0.4, -0.2) is 53.6 Å². The number of hydrogen-bond donors (Lipinski definition) is 0. The molecule has 1 aliphatic heterocycles. The molecule has 0 aromatic heterocycles. The minimum atomic E-state index is -4.39. The summed E-state index contributed by atoms with van der Waals surface area (Å²) in [7, 11) is 1.74. The molecule has 0 aliphatic carbocycles. The summed E-state index contributed by atoms with van der Waals surface area (Å²) in [5.74, 6) is 0.154. The first-order valence-corrected chi connectivity index (χ1v) is 13.8. The summed E-state index contributed by atoms with van der Waals surface area (Å²) >= 11 is 0. The number of alkyl halides is 3. The summed E-state index contributed by atoms with van der Waals surface area (Å²) in [6, 6.07) is 21.7. The van der Waals surface area contributed by atoms with Crippen molar-refractivity contribution >= 4 is 18.1 Å². The van der Waals surface area contributed by atoms with Crippen molar-refractivity contribution in [2.45, 2.75) is 51.1 Å². The quantitative estimate of drug-likeness (QED) is 0.230. The molecule has 0 saturated carbocycles. The average Bonchev–Trinajstić information content (AvgIpc) is 3.22. The summed E-state index contributed by atoms with van der Waals surface area (Å²) in [5.41, 5.74) is 0.628. The number of ether oxygens (including phenoxy) is 2. The number of esters is 1. The Balaban J connectivity index is 1.34. The van der Waals surface area contributed by atoms with E-state index in [4.69, 9.17) is 9.47 Å². The summed E-state index contributed by atoms with van der Waals surface area (Å²) in [4.78, 5) is 28.9. The number of para-hydroxylation sites is 1. The van der Waals surface area contributed by atoms with Gasteiger partial charge in [-0.1, -0.05) is 66.7 Å². The standard InChI is InChI=1S/C33H35F3N2O4/c1-4-41-30(39)32(2,42-29-11-6-5-7-12-29)21-25-15-13-24(14-16-25)9-8-10-28-23-38(31(40)37(28)3)22-26-17-19-27(20-18-26)33(34,35)36/h5-9,11-20,28H,4,10,21-23H2,1-3H3/b9-8+/t28-,32-/m0/s1. The molecule has 0 unspecified atom stereocenters. The SMILES string of the molecule is CCOC(=O)[C@](C)(Cc1ccc(/C=C/C[C@H]2CN(Cc3ccc(C(F)(F)F)cc3)C(=O)N2C)cc1)Oc1ccccc1. The van der Waals surface area contributed by atoms with E-state index < -0.39 is 23.3 Å². The van der Waals surface area contributed by atoms with Crippen LogP contribution in [0.4, 0.5) is 18.0 Å². The maximum atomic E-state index is 12.8. The molecular weight excluding hydrogens is 545 g/mol. The fourth-order valence-corrected chi connectivity index (χ4v) is 4.90. The molecule has 3 aromatic carbocycles. The summed E-state index contributed by atoms with van der Waals surface area (Å²) < 4.78 is 49.9. The second-order valence-electron chi connectivity index (χ2n) is 10.5. The summed E-state index contributed by atoms with van der Waals surface area (Å²) in [6.45, 7) is 4.48. The lowest BCUT2D eigenvalue weighted by Gasteiger charge is -2.28. The lowest BCUT2D eigenvalue weighted by Crippen LogP contribution is -2.45. The van der Waals surface area contributed by atoms with Gasteiger partial charge in [-0.15, -0.1) is 0 Å². The van der Waals surface area contributed by atoms with Crippen LogP contribution in [0.2, 0.25) is 0 Å². The van der Waals surface area contributed by atoms with Gasteiger partial charge in [0.1, 0.15) is 5.75 Å². The summed E-state index contributed by atoms with van der Waals surface area (Å²) in [5, 5.41) is 0. The van der Waals surface area contributed by atoms with Crippen molar-refractivity contribution in [2.75, 3.05) is 20.2 Å². The van der Waals surface area contributed by atoms with Crippen LogP contribution in [0.25, 0.3) is 6.08 Å². The highest BCUT2D eigenvalue weighted by Crippen LogP contribution is 2.30. The number of carbonyl (C=O) groups is 2. The predicted molar refractivity (Wildman–Crippen MR) is 155 cm³/mol. The molecule has 42 heavy (non-hydrogen) atoms. The van der Waals surface area contributed by atoms with Gasteiger partial charge in [0, 0.05) is 26.6 Å². The van der Waals surface area contributed by atoms with Crippen LogP contribution in [0.5, 0.6) is 5.75 Å². The van der Waals surface area contributed by atoms with Gasteiger partial charge in [-0.2, -0.15) is 13.2 Å². The lowest BCUT2D eigenvalue weighted by atomic mass is 9.95. The average molecular weight is 581 g/mol. The third kappa shape index (κ3) is 7.72. The van der Waals surface area contributed by atoms with Crippen LogP contribution in [-0.2, 0) is 28.7 Å². The smallest absolute Gasteiger partial charge is 0.416 e. The first-order valence-electron chi connectivity index (χ1n) is 13.8. The Morgan fingerprint density at radius 1 is 0.976 bits per heavy atom. The Bertz CT molecular complexity index is 1380. The van der Waals surface area contributed by atoms with Gasteiger partial charge in [0.05, 0.1) is 18.2 Å². The molecule has 0 N–H and O–H groups in total. The number of hydrogen-bond acceptors (Lipinski definition) is 4. The van der Waals surface area contributed by atoms with Crippen LogP contribution >= 0.6 is 0 Å². The van der Waals surface area contributed by atoms with Crippen molar-refractivity contribution in [1.82, 2.24) is 9.80 Å². The monoisotopic (exact) mass is 580 g/mol. The molecule has 3 aromatic rings. The van der Waals surface area contributed by atoms with Gasteiger partial charge < -0.3 is 19.3 Å². The van der Waals surface area contributed by atoms with Crippen molar-refractivity contribution in [3.05, 3.63) is 107 Å². The van der Waals surface area contributed by atoms with Gasteiger partial charge >= 0.3 is 18.2 Å².